The van der Waals surface area contributed by atoms with Crippen molar-refractivity contribution in [1.29, 1.82) is 0 Å². The number of carboxylic acid groups (broad SMARTS) is 1. The zero-order valence-electron chi connectivity index (χ0n) is 8.84. The number of carboxylic acids is 1. The molecule has 0 spiro atoms. The number of methoxy groups -OCH3 is 1. The molecule has 1 aliphatic heterocycles. The third kappa shape index (κ3) is 2.31. The molecule has 0 amide bonds. The van der Waals surface area contributed by atoms with Crippen LogP contribution in [0.4, 0.5) is 0 Å². The summed E-state index contributed by atoms with van der Waals surface area (Å²) in [6.07, 6.45) is 0. The quantitative estimate of drug-likeness (QED) is 0.836. The molecule has 0 saturated carbocycles. The second kappa shape index (κ2) is 4.76. The summed E-state index contributed by atoms with van der Waals surface area (Å²) >= 11 is 1.60. The predicted octanol–water partition coefficient (Wildman–Crippen LogP) is 1.48. The first-order valence-electron chi connectivity index (χ1n) is 4.95. The normalized spacial score (nSPS) is 24.3. The molecule has 1 aliphatic rings. The minimum Gasteiger partial charge on any atom is -0.497 e. The highest BCUT2D eigenvalue weighted by Gasteiger charge is 2.30. The van der Waals surface area contributed by atoms with Gasteiger partial charge in [0.15, 0.2) is 0 Å². The molecule has 4 nitrogen and oxygen atoms in total. The molecular formula is C11H13NO3S. The van der Waals surface area contributed by atoms with Crippen molar-refractivity contribution in [1.82, 2.24) is 5.32 Å². The Bertz CT molecular complexity index is 397. The number of carbonyl (C=O) groups is 1. The number of thioether (sulfide) groups is 1. The highest BCUT2D eigenvalue weighted by Crippen LogP contribution is 2.34. The summed E-state index contributed by atoms with van der Waals surface area (Å²) in [6.45, 7) is 0. The van der Waals surface area contributed by atoms with Gasteiger partial charge >= 0.3 is 5.97 Å². The van der Waals surface area contributed by atoms with Crippen molar-refractivity contribution in [3.8, 4) is 5.75 Å². The van der Waals surface area contributed by atoms with Gasteiger partial charge in [-0.25, -0.2) is 0 Å². The molecule has 1 aromatic carbocycles. The molecule has 2 rings (SSSR count). The maximum Gasteiger partial charge on any atom is 0.321 e. The molecule has 1 aromatic rings. The first-order valence-corrected chi connectivity index (χ1v) is 6.00. The fraction of sp³-hybridized carbons (Fsp3) is 0.364. The Morgan fingerprint density at radius 3 is 3.06 bits per heavy atom. The fourth-order valence-corrected chi connectivity index (χ4v) is 2.83. The molecule has 1 heterocycles. The molecule has 1 saturated heterocycles. The maximum atomic E-state index is 10.8. The van der Waals surface area contributed by atoms with E-state index in [-0.39, 0.29) is 5.37 Å². The third-order valence-electron chi connectivity index (χ3n) is 2.48. The van der Waals surface area contributed by atoms with Crippen LogP contribution in [0.15, 0.2) is 24.3 Å². The second-order valence-electron chi connectivity index (χ2n) is 3.55. The third-order valence-corrected chi connectivity index (χ3v) is 3.74. The summed E-state index contributed by atoms with van der Waals surface area (Å²) in [6, 6.07) is 7.22. The minimum absolute atomic E-state index is 0.0381. The van der Waals surface area contributed by atoms with E-state index < -0.39 is 12.0 Å². The molecular weight excluding hydrogens is 226 g/mol. The predicted molar refractivity (Wildman–Crippen MR) is 62.8 cm³/mol. The molecule has 0 bridgehead atoms. The van der Waals surface area contributed by atoms with Crippen LogP contribution < -0.4 is 10.1 Å². The van der Waals surface area contributed by atoms with E-state index in [1.165, 1.54) is 0 Å². The molecule has 0 aliphatic carbocycles. The number of ether oxygens (including phenoxy) is 1. The highest BCUT2D eigenvalue weighted by atomic mass is 32.2. The van der Waals surface area contributed by atoms with Gasteiger partial charge in [0.2, 0.25) is 0 Å². The van der Waals surface area contributed by atoms with Gasteiger partial charge in [-0.15, -0.1) is 11.8 Å². The fourth-order valence-electron chi connectivity index (χ4n) is 1.61. The smallest absolute Gasteiger partial charge is 0.321 e. The lowest BCUT2D eigenvalue weighted by atomic mass is 10.2. The molecule has 1 fully saturated rings. The van der Waals surface area contributed by atoms with Crippen molar-refractivity contribution < 1.29 is 14.6 Å². The van der Waals surface area contributed by atoms with Gasteiger partial charge < -0.3 is 9.84 Å². The molecule has 2 atom stereocenters. The van der Waals surface area contributed by atoms with Gasteiger partial charge in [-0.2, -0.15) is 0 Å². The van der Waals surface area contributed by atoms with Crippen LogP contribution in [0.1, 0.15) is 10.9 Å². The SMILES string of the molecule is COc1cccc([C@@H]2NC(C(=O)O)CS2)c1. The standard InChI is InChI=1S/C11H13NO3S/c1-15-8-4-2-3-7(5-8)10-12-9(6-16-10)11(13)14/h2-5,9-10,12H,6H2,1H3,(H,13,14)/t9?,10-/m1/s1. The zero-order chi connectivity index (χ0) is 11.5. The Balaban J connectivity index is 2.11. The lowest BCUT2D eigenvalue weighted by Crippen LogP contribution is -2.33. The lowest BCUT2D eigenvalue weighted by Gasteiger charge is -2.12. The van der Waals surface area contributed by atoms with Crippen molar-refractivity contribution >= 4 is 17.7 Å². The zero-order valence-corrected chi connectivity index (χ0v) is 9.66. The van der Waals surface area contributed by atoms with Gasteiger partial charge in [-0.1, -0.05) is 12.1 Å². The van der Waals surface area contributed by atoms with Gasteiger partial charge in [0.1, 0.15) is 11.8 Å². The first-order chi connectivity index (χ1) is 7.70. The van der Waals surface area contributed by atoms with E-state index in [1.54, 1.807) is 18.9 Å². The maximum absolute atomic E-state index is 10.8. The second-order valence-corrected chi connectivity index (χ2v) is 4.69. The highest BCUT2D eigenvalue weighted by molar-refractivity contribution is 7.99. The molecule has 16 heavy (non-hydrogen) atoms. The van der Waals surface area contributed by atoms with E-state index in [4.69, 9.17) is 9.84 Å². The van der Waals surface area contributed by atoms with E-state index in [2.05, 4.69) is 5.32 Å². The Morgan fingerprint density at radius 2 is 2.44 bits per heavy atom. The van der Waals surface area contributed by atoms with Crippen molar-refractivity contribution in [3.63, 3.8) is 0 Å². The van der Waals surface area contributed by atoms with E-state index >= 15 is 0 Å². The number of aliphatic carboxylic acids is 1. The van der Waals surface area contributed by atoms with Gasteiger partial charge in [0.05, 0.1) is 12.5 Å². The number of rotatable bonds is 3. The average Bonchev–Trinajstić information content (AvgIpc) is 2.78. The largest absolute Gasteiger partial charge is 0.497 e. The Morgan fingerprint density at radius 1 is 1.62 bits per heavy atom. The van der Waals surface area contributed by atoms with Crippen LogP contribution in [-0.2, 0) is 4.79 Å². The molecule has 86 valence electrons. The van der Waals surface area contributed by atoms with Gasteiger partial charge in [-0.3, -0.25) is 10.1 Å². The van der Waals surface area contributed by atoms with Crippen LogP contribution in [-0.4, -0.2) is 30.0 Å². The summed E-state index contributed by atoms with van der Waals surface area (Å²) in [5.74, 6) is 0.591. The summed E-state index contributed by atoms with van der Waals surface area (Å²) in [5, 5.41) is 12.0. The van der Waals surface area contributed by atoms with Gasteiger partial charge in [0.25, 0.3) is 0 Å². The molecule has 2 N–H and O–H groups in total. The van der Waals surface area contributed by atoms with Crippen LogP contribution in [0.2, 0.25) is 0 Å². The molecule has 5 heteroatoms. The topological polar surface area (TPSA) is 58.6 Å². The Kier molecular flexibility index (Phi) is 3.36. The Hall–Kier alpha value is -1.20. The molecule has 0 radical (unpaired) electrons. The lowest BCUT2D eigenvalue weighted by molar-refractivity contribution is -0.138. The number of benzene rings is 1. The van der Waals surface area contributed by atoms with Crippen LogP contribution >= 0.6 is 11.8 Å². The Labute approximate surface area is 98.0 Å². The van der Waals surface area contributed by atoms with Crippen molar-refractivity contribution in [3.05, 3.63) is 29.8 Å². The van der Waals surface area contributed by atoms with Crippen molar-refractivity contribution in [2.75, 3.05) is 12.9 Å². The first kappa shape index (κ1) is 11.3. The average molecular weight is 239 g/mol. The van der Waals surface area contributed by atoms with Crippen LogP contribution in [0.5, 0.6) is 5.75 Å². The summed E-state index contributed by atoms with van der Waals surface area (Å²) < 4.78 is 5.14. The number of hydrogen-bond acceptors (Lipinski definition) is 4. The van der Waals surface area contributed by atoms with Gasteiger partial charge in [0, 0.05) is 5.75 Å². The minimum atomic E-state index is -0.794. The van der Waals surface area contributed by atoms with Crippen LogP contribution in [0.25, 0.3) is 0 Å². The summed E-state index contributed by atoms with van der Waals surface area (Å²) in [7, 11) is 1.62. The molecule has 0 aromatic heterocycles. The number of nitrogens with one attached hydrogen (secondary N) is 1. The van der Waals surface area contributed by atoms with Crippen molar-refractivity contribution in [2.24, 2.45) is 0 Å². The van der Waals surface area contributed by atoms with Crippen LogP contribution in [0.3, 0.4) is 0 Å². The van der Waals surface area contributed by atoms with Crippen LogP contribution in [0, 0.1) is 0 Å². The summed E-state index contributed by atoms with van der Waals surface area (Å²) in [4.78, 5) is 10.8. The number of hydrogen-bond donors (Lipinski definition) is 2. The summed E-state index contributed by atoms with van der Waals surface area (Å²) in [5.41, 5.74) is 1.05. The van der Waals surface area contributed by atoms with E-state index in [9.17, 15) is 4.79 Å². The van der Waals surface area contributed by atoms with Crippen molar-refractivity contribution in [2.45, 2.75) is 11.4 Å². The van der Waals surface area contributed by atoms with Gasteiger partial charge in [-0.05, 0) is 17.7 Å². The molecule has 1 unspecified atom stereocenters. The van der Waals surface area contributed by atoms with E-state index in [1.807, 2.05) is 24.3 Å². The van der Waals surface area contributed by atoms with E-state index in [0.717, 1.165) is 11.3 Å². The van der Waals surface area contributed by atoms with E-state index in [0.29, 0.717) is 5.75 Å². The monoisotopic (exact) mass is 239 g/mol.